The molecule has 3 heterocycles. The Hall–Kier alpha value is -2.34. The van der Waals surface area contributed by atoms with Gasteiger partial charge in [-0.2, -0.15) is 0 Å². The van der Waals surface area contributed by atoms with E-state index in [1.165, 1.54) is 0 Å². The van der Waals surface area contributed by atoms with Gasteiger partial charge in [-0.3, -0.25) is 4.79 Å². The normalized spacial score (nSPS) is 22.6. The third kappa shape index (κ3) is 2.61. The number of amides is 1. The zero-order chi connectivity index (χ0) is 17.6. The minimum absolute atomic E-state index is 0.0610. The van der Waals surface area contributed by atoms with Crippen LogP contribution in [-0.4, -0.2) is 52.1 Å². The summed E-state index contributed by atoms with van der Waals surface area (Å²) in [6, 6.07) is 8.96. The van der Waals surface area contributed by atoms with Crippen molar-refractivity contribution in [3.05, 3.63) is 36.0 Å². The first-order chi connectivity index (χ1) is 12.0. The van der Waals surface area contributed by atoms with E-state index >= 15 is 0 Å². The monoisotopic (exact) mass is 341 g/mol. The van der Waals surface area contributed by atoms with E-state index in [4.69, 9.17) is 0 Å². The largest absolute Gasteiger partial charge is 0.480 e. The van der Waals surface area contributed by atoms with E-state index in [0.29, 0.717) is 18.7 Å². The molecular weight excluding hydrogens is 318 g/mol. The number of carbonyl (C=O) groups excluding carboxylic acids is 1. The number of para-hydroxylation sites is 1. The highest BCUT2D eigenvalue weighted by molar-refractivity contribution is 6.00. The molecule has 132 valence electrons. The van der Waals surface area contributed by atoms with Crippen molar-refractivity contribution in [2.24, 2.45) is 12.5 Å². The topological polar surface area (TPSA) is 74.6 Å². The lowest BCUT2D eigenvalue weighted by Gasteiger charge is -2.33. The minimum Gasteiger partial charge on any atom is -0.480 e. The van der Waals surface area contributed by atoms with Crippen LogP contribution in [0, 0.1) is 5.41 Å². The smallest absolute Gasteiger partial charge is 0.326 e. The lowest BCUT2D eigenvalue weighted by Crippen LogP contribution is -2.42. The van der Waals surface area contributed by atoms with E-state index in [2.05, 4.69) is 5.32 Å². The van der Waals surface area contributed by atoms with E-state index in [1.54, 1.807) is 4.90 Å². The Bertz CT molecular complexity index is 836. The molecule has 2 fully saturated rings. The van der Waals surface area contributed by atoms with Gasteiger partial charge >= 0.3 is 5.97 Å². The van der Waals surface area contributed by atoms with Gasteiger partial charge in [-0.15, -0.1) is 0 Å². The fraction of sp³-hybridized carbons (Fsp3) is 0.474. The first-order valence-electron chi connectivity index (χ1n) is 8.80. The number of aryl methyl sites for hydroxylation is 1. The van der Waals surface area contributed by atoms with E-state index in [-0.39, 0.29) is 11.3 Å². The molecule has 0 aliphatic carbocycles. The molecule has 1 aromatic heterocycles. The van der Waals surface area contributed by atoms with Crippen molar-refractivity contribution in [3.8, 4) is 0 Å². The number of carboxylic acids is 1. The van der Waals surface area contributed by atoms with Gasteiger partial charge in [0, 0.05) is 24.5 Å². The molecule has 0 bridgehead atoms. The summed E-state index contributed by atoms with van der Waals surface area (Å²) in [6.07, 6.45) is 2.41. The number of fused-ring (bicyclic) bond motifs is 1. The summed E-state index contributed by atoms with van der Waals surface area (Å²) in [4.78, 5) is 26.6. The number of nitrogens with zero attached hydrogens (tertiary/aromatic N) is 2. The fourth-order valence-electron chi connectivity index (χ4n) is 4.45. The molecule has 0 saturated carbocycles. The molecule has 1 spiro atoms. The van der Waals surface area contributed by atoms with Gasteiger partial charge in [-0.05, 0) is 49.9 Å². The fourth-order valence-corrected chi connectivity index (χ4v) is 4.45. The second-order valence-corrected chi connectivity index (χ2v) is 7.39. The van der Waals surface area contributed by atoms with Crippen LogP contribution < -0.4 is 5.32 Å². The average molecular weight is 341 g/mol. The number of carbonyl (C=O) groups is 2. The van der Waals surface area contributed by atoms with Crippen molar-refractivity contribution in [3.63, 3.8) is 0 Å². The molecule has 0 radical (unpaired) electrons. The third-order valence-electron chi connectivity index (χ3n) is 5.89. The van der Waals surface area contributed by atoms with Gasteiger partial charge in [-0.25, -0.2) is 4.79 Å². The molecule has 1 atom stereocenters. The quantitative estimate of drug-likeness (QED) is 0.874. The molecule has 25 heavy (non-hydrogen) atoms. The van der Waals surface area contributed by atoms with E-state index < -0.39 is 12.0 Å². The number of rotatable bonds is 2. The number of hydrogen-bond acceptors (Lipinski definition) is 3. The van der Waals surface area contributed by atoms with Crippen molar-refractivity contribution in [1.29, 1.82) is 0 Å². The second kappa shape index (κ2) is 5.88. The van der Waals surface area contributed by atoms with Crippen molar-refractivity contribution in [1.82, 2.24) is 14.8 Å². The standard InChI is InChI=1S/C19H23N3O3/c1-21-14-5-3-2-4-13(14)10-15(21)17(23)22-12-19(6-8-20-9-7-19)11-16(22)18(24)25/h2-5,10,16,20H,6-9,11-12H2,1H3,(H,24,25). The summed E-state index contributed by atoms with van der Waals surface area (Å²) >= 11 is 0. The zero-order valence-electron chi connectivity index (χ0n) is 14.4. The SMILES string of the molecule is Cn1c(C(=O)N2CC3(CCNCC3)CC2C(=O)O)cc2ccccc21. The van der Waals surface area contributed by atoms with Gasteiger partial charge in [0.15, 0.2) is 0 Å². The van der Waals surface area contributed by atoms with Crippen LogP contribution in [0.5, 0.6) is 0 Å². The molecule has 2 aliphatic rings. The Labute approximate surface area is 146 Å². The lowest BCUT2D eigenvalue weighted by atomic mass is 9.77. The third-order valence-corrected chi connectivity index (χ3v) is 5.89. The highest BCUT2D eigenvalue weighted by Gasteiger charge is 2.49. The molecule has 1 unspecified atom stereocenters. The average Bonchev–Trinajstić information content (AvgIpc) is 3.14. The Morgan fingerprint density at radius 3 is 2.64 bits per heavy atom. The maximum absolute atomic E-state index is 13.2. The molecular formula is C19H23N3O3. The summed E-state index contributed by atoms with van der Waals surface area (Å²) in [6.45, 7) is 2.32. The van der Waals surface area contributed by atoms with Crippen molar-refractivity contribution in [2.75, 3.05) is 19.6 Å². The van der Waals surface area contributed by atoms with Crippen LogP contribution in [0.3, 0.4) is 0 Å². The second-order valence-electron chi connectivity index (χ2n) is 7.39. The van der Waals surface area contributed by atoms with Crippen LogP contribution in [0.2, 0.25) is 0 Å². The number of hydrogen-bond donors (Lipinski definition) is 2. The molecule has 6 heteroatoms. The summed E-state index contributed by atoms with van der Waals surface area (Å²) in [5, 5.41) is 14.0. The van der Waals surface area contributed by atoms with Crippen LogP contribution in [0.25, 0.3) is 10.9 Å². The summed E-state index contributed by atoms with van der Waals surface area (Å²) in [5.74, 6) is -1.08. The maximum atomic E-state index is 13.2. The molecule has 1 aromatic carbocycles. The number of piperidine rings is 1. The molecule has 2 N–H and O–H groups in total. The number of nitrogens with one attached hydrogen (secondary N) is 1. The van der Waals surface area contributed by atoms with Gasteiger partial charge in [-0.1, -0.05) is 18.2 Å². The predicted molar refractivity (Wildman–Crippen MR) is 94.5 cm³/mol. The number of carboxylic acid groups (broad SMARTS) is 1. The summed E-state index contributed by atoms with van der Waals surface area (Å²) in [7, 11) is 1.86. The first kappa shape index (κ1) is 16.1. The first-order valence-corrected chi connectivity index (χ1v) is 8.80. The summed E-state index contributed by atoms with van der Waals surface area (Å²) in [5.41, 5.74) is 1.47. The van der Waals surface area contributed by atoms with Crippen LogP contribution in [0.15, 0.2) is 30.3 Å². The van der Waals surface area contributed by atoms with Crippen LogP contribution >= 0.6 is 0 Å². The Morgan fingerprint density at radius 2 is 1.96 bits per heavy atom. The van der Waals surface area contributed by atoms with Crippen molar-refractivity contribution < 1.29 is 14.7 Å². The summed E-state index contributed by atoms with van der Waals surface area (Å²) < 4.78 is 1.87. The minimum atomic E-state index is -0.900. The molecule has 4 rings (SSSR count). The molecule has 2 aliphatic heterocycles. The van der Waals surface area contributed by atoms with Gasteiger partial charge in [0.1, 0.15) is 11.7 Å². The van der Waals surface area contributed by atoms with Crippen LogP contribution in [-0.2, 0) is 11.8 Å². The van der Waals surface area contributed by atoms with E-state index in [0.717, 1.165) is 36.8 Å². The van der Waals surface area contributed by atoms with Gasteiger partial charge in [0.25, 0.3) is 5.91 Å². The highest BCUT2D eigenvalue weighted by atomic mass is 16.4. The lowest BCUT2D eigenvalue weighted by molar-refractivity contribution is -0.141. The Balaban J connectivity index is 1.69. The number of benzene rings is 1. The maximum Gasteiger partial charge on any atom is 0.326 e. The van der Waals surface area contributed by atoms with Gasteiger partial charge < -0.3 is 19.9 Å². The molecule has 6 nitrogen and oxygen atoms in total. The van der Waals surface area contributed by atoms with Crippen LogP contribution in [0.1, 0.15) is 29.8 Å². The highest BCUT2D eigenvalue weighted by Crippen LogP contribution is 2.42. The van der Waals surface area contributed by atoms with Gasteiger partial charge in [0.05, 0.1) is 0 Å². The van der Waals surface area contributed by atoms with E-state index in [9.17, 15) is 14.7 Å². The van der Waals surface area contributed by atoms with Crippen molar-refractivity contribution in [2.45, 2.75) is 25.3 Å². The molecule has 1 amide bonds. The van der Waals surface area contributed by atoms with Crippen LogP contribution in [0.4, 0.5) is 0 Å². The molecule has 2 aromatic rings. The predicted octanol–water partition coefficient (Wildman–Crippen LogP) is 1.85. The zero-order valence-corrected chi connectivity index (χ0v) is 14.4. The Morgan fingerprint density at radius 1 is 1.24 bits per heavy atom. The number of likely N-dealkylation sites (tertiary alicyclic amines) is 1. The molecule has 2 saturated heterocycles. The van der Waals surface area contributed by atoms with E-state index in [1.807, 2.05) is 41.9 Å². The van der Waals surface area contributed by atoms with Crippen molar-refractivity contribution >= 4 is 22.8 Å². The van der Waals surface area contributed by atoms with Gasteiger partial charge in [0.2, 0.25) is 0 Å². The number of aliphatic carboxylic acids is 1. The number of aromatic nitrogens is 1. The Kier molecular flexibility index (Phi) is 3.80.